The van der Waals surface area contributed by atoms with Gasteiger partial charge in [-0.1, -0.05) is 45.7 Å². The molecule has 0 rings (SSSR count). The molecule has 0 spiro atoms. The standard InChI is InChI=1S/C8H16Br2O4S/c1-5(9)3-7(11)15(13,14)8(12)4-6(2)10/h5-8,11-12H,3-4H2,1-2H3. The van der Waals surface area contributed by atoms with Crippen molar-refractivity contribution < 1.29 is 18.6 Å². The highest BCUT2D eigenvalue weighted by Crippen LogP contribution is 2.19. The van der Waals surface area contributed by atoms with Crippen LogP contribution in [0.2, 0.25) is 0 Å². The van der Waals surface area contributed by atoms with E-state index in [-0.39, 0.29) is 22.5 Å². The fraction of sp³-hybridized carbons (Fsp3) is 1.00. The molecule has 4 unspecified atom stereocenters. The van der Waals surface area contributed by atoms with E-state index in [0.717, 1.165) is 0 Å². The second-order valence-electron chi connectivity index (χ2n) is 3.53. The van der Waals surface area contributed by atoms with E-state index in [1.165, 1.54) is 0 Å². The van der Waals surface area contributed by atoms with Crippen molar-refractivity contribution in [3.05, 3.63) is 0 Å². The molecule has 92 valence electrons. The van der Waals surface area contributed by atoms with Crippen LogP contribution in [0.5, 0.6) is 0 Å². The highest BCUT2D eigenvalue weighted by molar-refractivity contribution is 9.09. The van der Waals surface area contributed by atoms with E-state index in [2.05, 4.69) is 31.9 Å². The van der Waals surface area contributed by atoms with Gasteiger partial charge in [0.2, 0.25) is 9.84 Å². The Bertz CT molecular complexity index is 254. The Morgan fingerprint density at radius 3 is 1.47 bits per heavy atom. The van der Waals surface area contributed by atoms with Gasteiger partial charge in [0.05, 0.1) is 0 Å². The van der Waals surface area contributed by atoms with Crippen molar-refractivity contribution in [1.29, 1.82) is 0 Å². The van der Waals surface area contributed by atoms with Crippen LogP contribution >= 0.6 is 31.9 Å². The lowest BCUT2D eigenvalue weighted by molar-refractivity contribution is 0.202. The van der Waals surface area contributed by atoms with Crippen molar-refractivity contribution >= 4 is 41.7 Å². The van der Waals surface area contributed by atoms with Crippen molar-refractivity contribution in [1.82, 2.24) is 0 Å². The molecule has 0 aliphatic rings. The Hall–Kier alpha value is 0.830. The molecular weight excluding hydrogens is 352 g/mol. The van der Waals surface area contributed by atoms with Crippen LogP contribution in [0.1, 0.15) is 26.7 Å². The summed E-state index contributed by atoms with van der Waals surface area (Å²) in [6.07, 6.45) is 0.131. The highest BCUT2D eigenvalue weighted by Gasteiger charge is 2.32. The van der Waals surface area contributed by atoms with Gasteiger partial charge in [0, 0.05) is 9.65 Å². The Morgan fingerprint density at radius 1 is 1.00 bits per heavy atom. The minimum absolute atomic E-state index is 0.0655. The van der Waals surface area contributed by atoms with Crippen molar-refractivity contribution in [3.63, 3.8) is 0 Å². The summed E-state index contributed by atoms with van der Waals surface area (Å²) < 4.78 is 23.1. The van der Waals surface area contributed by atoms with Crippen molar-refractivity contribution in [2.75, 3.05) is 0 Å². The third-order valence-corrected chi connectivity index (χ3v) is 4.46. The molecule has 7 heteroatoms. The number of rotatable bonds is 6. The van der Waals surface area contributed by atoms with Gasteiger partial charge >= 0.3 is 0 Å². The number of hydrogen-bond acceptors (Lipinski definition) is 4. The number of halogens is 2. The van der Waals surface area contributed by atoms with E-state index in [9.17, 15) is 18.6 Å². The van der Waals surface area contributed by atoms with E-state index < -0.39 is 20.7 Å². The van der Waals surface area contributed by atoms with Gasteiger partial charge in [-0.15, -0.1) is 0 Å². The number of hydrogen-bond donors (Lipinski definition) is 2. The van der Waals surface area contributed by atoms with Crippen molar-refractivity contribution in [2.45, 2.75) is 47.2 Å². The van der Waals surface area contributed by atoms with Gasteiger partial charge in [-0.3, -0.25) is 0 Å². The minimum Gasteiger partial charge on any atom is -0.377 e. The quantitative estimate of drug-likeness (QED) is 0.695. The van der Waals surface area contributed by atoms with Crippen LogP contribution in [0.15, 0.2) is 0 Å². The molecule has 0 aromatic rings. The van der Waals surface area contributed by atoms with Crippen LogP contribution in [-0.4, -0.2) is 39.2 Å². The zero-order valence-corrected chi connectivity index (χ0v) is 12.6. The van der Waals surface area contributed by atoms with Gasteiger partial charge in [0.1, 0.15) is 0 Å². The first-order valence-corrected chi connectivity index (χ1v) is 7.99. The molecule has 0 aromatic heterocycles. The molecule has 0 aromatic carbocycles. The summed E-state index contributed by atoms with van der Waals surface area (Å²) in [5.41, 5.74) is -3.04. The van der Waals surface area contributed by atoms with Crippen LogP contribution in [0, 0.1) is 0 Å². The summed E-state index contributed by atoms with van der Waals surface area (Å²) >= 11 is 6.30. The van der Waals surface area contributed by atoms with Gasteiger partial charge in [0.15, 0.2) is 10.9 Å². The Kier molecular flexibility index (Phi) is 6.90. The van der Waals surface area contributed by atoms with Crippen LogP contribution < -0.4 is 0 Å². The van der Waals surface area contributed by atoms with Gasteiger partial charge in [-0.25, -0.2) is 8.42 Å². The van der Waals surface area contributed by atoms with Gasteiger partial charge in [-0.2, -0.15) is 0 Å². The molecule has 0 saturated carbocycles. The van der Waals surface area contributed by atoms with E-state index in [4.69, 9.17) is 0 Å². The zero-order chi connectivity index (χ0) is 12.2. The molecule has 0 amide bonds. The van der Waals surface area contributed by atoms with E-state index in [1.807, 2.05) is 0 Å². The summed E-state index contributed by atoms with van der Waals surface area (Å²) in [6, 6.07) is 0. The average Bonchev–Trinajstić information content (AvgIpc) is 2.01. The molecular formula is C8H16Br2O4S. The molecule has 0 bridgehead atoms. The number of alkyl halides is 2. The maximum absolute atomic E-state index is 11.6. The number of sulfone groups is 1. The monoisotopic (exact) mass is 366 g/mol. The highest BCUT2D eigenvalue weighted by atomic mass is 79.9. The van der Waals surface area contributed by atoms with Crippen molar-refractivity contribution in [2.24, 2.45) is 0 Å². The van der Waals surface area contributed by atoms with Gasteiger partial charge < -0.3 is 10.2 Å². The summed E-state index contributed by atoms with van der Waals surface area (Å²) in [4.78, 5) is -0.230. The second kappa shape index (κ2) is 6.54. The SMILES string of the molecule is CC(Br)CC(O)S(=O)(=O)C(O)CC(C)Br. The first-order valence-electron chi connectivity index (χ1n) is 4.55. The maximum atomic E-state index is 11.6. The predicted octanol–water partition coefficient (Wildman–Crippen LogP) is 1.39. The topological polar surface area (TPSA) is 74.6 Å². The van der Waals surface area contributed by atoms with Crippen molar-refractivity contribution in [3.8, 4) is 0 Å². The first-order chi connectivity index (χ1) is 6.67. The van der Waals surface area contributed by atoms with Crippen LogP contribution in [0.25, 0.3) is 0 Å². The summed E-state index contributed by atoms with van der Waals surface area (Å²) in [6.45, 7) is 3.47. The van der Waals surface area contributed by atoms with Gasteiger partial charge in [-0.05, 0) is 12.8 Å². The lowest BCUT2D eigenvalue weighted by Gasteiger charge is -2.18. The lowest BCUT2D eigenvalue weighted by atomic mass is 10.3. The van der Waals surface area contributed by atoms with Gasteiger partial charge in [0.25, 0.3) is 0 Å². The molecule has 4 atom stereocenters. The summed E-state index contributed by atoms with van der Waals surface area (Å²) in [5, 5.41) is 18.9. The molecule has 15 heavy (non-hydrogen) atoms. The van der Waals surface area contributed by atoms with E-state index in [1.54, 1.807) is 13.8 Å². The molecule has 0 fully saturated rings. The Labute approximate surface area is 107 Å². The molecule has 0 aliphatic carbocycles. The van der Waals surface area contributed by atoms with E-state index in [0.29, 0.717) is 0 Å². The Balaban J connectivity index is 4.52. The minimum atomic E-state index is -3.88. The second-order valence-corrected chi connectivity index (χ2v) is 8.92. The fourth-order valence-corrected chi connectivity index (χ4v) is 3.68. The van der Waals surface area contributed by atoms with Crippen LogP contribution in [0.4, 0.5) is 0 Å². The normalized spacial score (nSPS) is 20.7. The first kappa shape index (κ1) is 15.8. The maximum Gasteiger partial charge on any atom is 0.203 e. The largest absolute Gasteiger partial charge is 0.377 e. The average molecular weight is 368 g/mol. The zero-order valence-electron chi connectivity index (χ0n) is 8.60. The smallest absolute Gasteiger partial charge is 0.203 e. The lowest BCUT2D eigenvalue weighted by Crippen LogP contribution is -2.34. The third kappa shape index (κ3) is 5.63. The molecule has 4 nitrogen and oxygen atoms in total. The van der Waals surface area contributed by atoms with Crippen LogP contribution in [-0.2, 0) is 9.84 Å². The predicted molar refractivity (Wildman–Crippen MR) is 66.9 cm³/mol. The molecule has 0 aliphatic heterocycles. The Morgan fingerprint density at radius 2 is 1.27 bits per heavy atom. The van der Waals surface area contributed by atoms with E-state index >= 15 is 0 Å². The number of aliphatic hydroxyl groups excluding tert-OH is 2. The fourth-order valence-electron chi connectivity index (χ4n) is 1.01. The summed E-state index contributed by atoms with van der Waals surface area (Å²) in [5.74, 6) is 0. The molecule has 0 radical (unpaired) electrons. The molecule has 0 saturated heterocycles. The molecule has 0 heterocycles. The number of aliphatic hydroxyl groups is 2. The molecule has 2 N–H and O–H groups in total. The third-order valence-electron chi connectivity index (χ3n) is 1.81. The summed E-state index contributed by atoms with van der Waals surface area (Å²) in [7, 11) is -3.88. The van der Waals surface area contributed by atoms with Crippen LogP contribution in [0.3, 0.4) is 0 Å².